The number of hydrogen-bond donors (Lipinski definition) is 0. The second-order valence-corrected chi connectivity index (χ2v) is 3.39. The van der Waals surface area contributed by atoms with E-state index >= 15 is 0 Å². The minimum Gasteiger partial charge on any atom is -0.465 e. The van der Waals surface area contributed by atoms with Crippen LogP contribution < -0.4 is 0 Å². The summed E-state index contributed by atoms with van der Waals surface area (Å²) in [6, 6.07) is 0. The van der Waals surface area contributed by atoms with E-state index in [1.807, 2.05) is 13.0 Å². The number of rotatable bonds is 4. The summed E-state index contributed by atoms with van der Waals surface area (Å²) >= 11 is 0. The van der Waals surface area contributed by atoms with Gasteiger partial charge in [-0.05, 0) is 25.0 Å². The van der Waals surface area contributed by atoms with Gasteiger partial charge in [0.1, 0.15) is 0 Å². The Hall–Kier alpha value is -1.03. The first-order chi connectivity index (χ1) is 7.19. The number of methoxy groups -OCH3 is 1. The van der Waals surface area contributed by atoms with Crippen LogP contribution in [0.5, 0.6) is 0 Å². The minimum atomic E-state index is -0.315. The molecular weight excluding hydrogens is 191 g/mol. The van der Waals surface area contributed by atoms with Crippen molar-refractivity contribution in [2.24, 2.45) is 0 Å². The maximum Gasteiger partial charge on any atom is 0.337 e. The van der Waals surface area contributed by atoms with Crippen molar-refractivity contribution in [3.63, 3.8) is 0 Å². The van der Waals surface area contributed by atoms with Gasteiger partial charge in [-0.2, -0.15) is 0 Å². The van der Waals surface area contributed by atoms with Crippen LogP contribution in [-0.4, -0.2) is 33.6 Å². The van der Waals surface area contributed by atoms with E-state index in [0.717, 1.165) is 12.0 Å². The van der Waals surface area contributed by atoms with Gasteiger partial charge in [0.05, 0.1) is 26.6 Å². The highest BCUT2D eigenvalue weighted by atomic mass is 16.5. The van der Waals surface area contributed by atoms with Crippen LogP contribution in [0, 0.1) is 0 Å². The molecule has 1 unspecified atom stereocenters. The zero-order chi connectivity index (χ0) is 11.3. The molecule has 3 nitrogen and oxygen atoms in total. The molecule has 1 aliphatic carbocycles. The predicted molar refractivity (Wildman–Crippen MR) is 58.8 cm³/mol. The van der Waals surface area contributed by atoms with E-state index in [1.165, 1.54) is 7.11 Å². The first kappa shape index (κ1) is 12.0. The summed E-state index contributed by atoms with van der Waals surface area (Å²) in [6.45, 7) is 2.39. The second-order valence-electron chi connectivity index (χ2n) is 3.39. The molecular formula is C11H15BO3. The third-order valence-electron chi connectivity index (χ3n) is 2.29. The highest BCUT2D eigenvalue weighted by molar-refractivity contribution is 6.08. The highest BCUT2D eigenvalue weighted by Crippen LogP contribution is 2.21. The number of esters is 1. The van der Waals surface area contributed by atoms with E-state index in [9.17, 15) is 4.79 Å². The lowest BCUT2D eigenvalue weighted by atomic mass is 9.97. The summed E-state index contributed by atoms with van der Waals surface area (Å²) in [5, 5.41) is 0. The van der Waals surface area contributed by atoms with Gasteiger partial charge in [-0.1, -0.05) is 12.4 Å². The van der Waals surface area contributed by atoms with Crippen molar-refractivity contribution in [2.45, 2.75) is 25.8 Å². The second kappa shape index (κ2) is 5.76. The molecule has 0 spiro atoms. The molecule has 1 aliphatic rings. The molecule has 4 heteroatoms. The van der Waals surface area contributed by atoms with Gasteiger partial charge in [-0.3, -0.25) is 0 Å². The van der Waals surface area contributed by atoms with Crippen LogP contribution in [0.25, 0.3) is 0 Å². The van der Waals surface area contributed by atoms with Crippen LogP contribution in [0.3, 0.4) is 0 Å². The summed E-state index contributed by atoms with van der Waals surface area (Å²) < 4.78 is 10.1. The molecule has 0 saturated heterocycles. The molecule has 0 fully saturated rings. The Morgan fingerprint density at radius 3 is 3.00 bits per heavy atom. The SMILES string of the molecule is [B]CCOC1C=C(C(=O)OC)C(C)=CC1. The molecule has 0 heterocycles. The van der Waals surface area contributed by atoms with Crippen molar-refractivity contribution in [1.29, 1.82) is 0 Å². The molecule has 0 amide bonds. The average Bonchev–Trinajstić information content (AvgIpc) is 2.27. The van der Waals surface area contributed by atoms with E-state index < -0.39 is 0 Å². The summed E-state index contributed by atoms with van der Waals surface area (Å²) in [5.74, 6) is -0.315. The molecule has 2 radical (unpaired) electrons. The highest BCUT2D eigenvalue weighted by Gasteiger charge is 2.19. The van der Waals surface area contributed by atoms with Crippen molar-refractivity contribution in [3.05, 3.63) is 23.3 Å². The van der Waals surface area contributed by atoms with Gasteiger partial charge in [-0.25, -0.2) is 4.79 Å². The summed E-state index contributed by atoms with van der Waals surface area (Å²) in [5.41, 5.74) is 1.53. The van der Waals surface area contributed by atoms with E-state index in [0.29, 0.717) is 18.5 Å². The van der Waals surface area contributed by atoms with Crippen LogP contribution >= 0.6 is 0 Å². The van der Waals surface area contributed by atoms with Gasteiger partial charge in [0, 0.05) is 6.61 Å². The lowest BCUT2D eigenvalue weighted by Gasteiger charge is -2.19. The largest absolute Gasteiger partial charge is 0.465 e. The molecule has 1 atom stereocenters. The molecule has 0 aromatic heterocycles. The average molecular weight is 206 g/mol. The van der Waals surface area contributed by atoms with Gasteiger partial charge in [0.25, 0.3) is 0 Å². The van der Waals surface area contributed by atoms with Crippen molar-refractivity contribution >= 4 is 13.8 Å². The molecule has 0 N–H and O–H groups in total. The molecule has 0 aliphatic heterocycles. The molecule has 0 saturated carbocycles. The lowest BCUT2D eigenvalue weighted by molar-refractivity contribution is -0.135. The third-order valence-corrected chi connectivity index (χ3v) is 2.29. The van der Waals surface area contributed by atoms with Gasteiger partial charge in [-0.15, -0.1) is 0 Å². The molecule has 15 heavy (non-hydrogen) atoms. The van der Waals surface area contributed by atoms with Crippen LogP contribution in [0.4, 0.5) is 0 Å². The topological polar surface area (TPSA) is 35.5 Å². The number of carbonyl (C=O) groups excluding carboxylic acids is 1. The lowest BCUT2D eigenvalue weighted by Crippen LogP contribution is -2.18. The molecule has 1 rings (SSSR count). The fourth-order valence-corrected chi connectivity index (χ4v) is 1.46. The standard InChI is InChI=1S/C11H15BO3/c1-8-3-4-9(15-6-5-12)7-10(8)11(13)14-2/h3,7,9H,4-6H2,1-2H3. The number of ether oxygens (including phenoxy) is 2. The Labute approximate surface area is 91.5 Å². The van der Waals surface area contributed by atoms with Crippen molar-refractivity contribution in [2.75, 3.05) is 13.7 Å². The number of carbonyl (C=O) groups is 1. The Balaban J connectivity index is 2.68. The summed E-state index contributed by atoms with van der Waals surface area (Å²) in [6.07, 6.45) is 4.99. The fourth-order valence-electron chi connectivity index (χ4n) is 1.46. The van der Waals surface area contributed by atoms with Crippen molar-refractivity contribution in [3.8, 4) is 0 Å². The monoisotopic (exact) mass is 206 g/mol. The van der Waals surface area contributed by atoms with E-state index in [2.05, 4.69) is 4.74 Å². The van der Waals surface area contributed by atoms with E-state index in [1.54, 1.807) is 6.08 Å². The maximum absolute atomic E-state index is 11.4. The Bertz CT molecular complexity index is 294. The smallest absolute Gasteiger partial charge is 0.337 e. The molecule has 0 aromatic carbocycles. The first-order valence-electron chi connectivity index (χ1n) is 4.98. The first-order valence-corrected chi connectivity index (χ1v) is 4.98. The van der Waals surface area contributed by atoms with Crippen LogP contribution in [0.1, 0.15) is 13.3 Å². The Morgan fingerprint density at radius 1 is 1.67 bits per heavy atom. The molecule has 80 valence electrons. The van der Waals surface area contributed by atoms with Crippen LogP contribution in [0.2, 0.25) is 6.32 Å². The zero-order valence-corrected chi connectivity index (χ0v) is 9.16. The van der Waals surface area contributed by atoms with Crippen molar-refractivity contribution < 1.29 is 14.3 Å². The van der Waals surface area contributed by atoms with Crippen LogP contribution in [-0.2, 0) is 14.3 Å². The van der Waals surface area contributed by atoms with Crippen molar-refractivity contribution in [1.82, 2.24) is 0 Å². The predicted octanol–water partition coefficient (Wildman–Crippen LogP) is 1.41. The molecule has 0 aromatic rings. The van der Waals surface area contributed by atoms with E-state index in [-0.39, 0.29) is 12.1 Å². The number of hydrogen-bond acceptors (Lipinski definition) is 3. The maximum atomic E-state index is 11.4. The third kappa shape index (κ3) is 3.24. The Morgan fingerprint density at radius 2 is 2.40 bits per heavy atom. The minimum absolute atomic E-state index is 0.0636. The van der Waals surface area contributed by atoms with Gasteiger partial charge < -0.3 is 9.47 Å². The Kier molecular flexibility index (Phi) is 4.62. The fraction of sp³-hybridized carbons (Fsp3) is 0.545. The molecule has 0 bridgehead atoms. The normalized spacial score (nSPS) is 20.5. The van der Waals surface area contributed by atoms with Gasteiger partial charge in [0.15, 0.2) is 0 Å². The summed E-state index contributed by atoms with van der Waals surface area (Å²) in [7, 11) is 6.72. The quantitative estimate of drug-likeness (QED) is 0.515. The van der Waals surface area contributed by atoms with Gasteiger partial charge >= 0.3 is 5.97 Å². The van der Waals surface area contributed by atoms with Gasteiger partial charge in [0.2, 0.25) is 0 Å². The zero-order valence-electron chi connectivity index (χ0n) is 9.16. The van der Waals surface area contributed by atoms with Crippen LogP contribution in [0.15, 0.2) is 23.3 Å². The van der Waals surface area contributed by atoms with E-state index in [4.69, 9.17) is 12.6 Å². The summed E-state index contributed by atoms with van der Waals surface area (Å²) in [4.78, 5) is 11.4.